The van der Waals surface area contributed by atoms with E-state index in [1.165, 1.54) is 0 Å². The Bertz CT molecular complexity index is 609. The van der Waals surface area contributed by atoms with Gasteiger partial charge in [0.05, 0.1) is 11.0 Å². The van der Waals surface area contributed by atoms with E-state index in [0.29, 0.717) is 26.2 Å². The molecule has 0 atom stereocenters. The van der Waals surface area contributed by atoms with Crippen molar-refractivity contribution in [2.45, 2.75) is 26.4 Å². The molecule has 8 nitrogen and oxygen atoms in total. The van der Waals surface area contributed by atoms with E-state index in [1.807, 2.05) is 0 Å². The fourth-order valence-electron chi connectivity index (χ4n) is 2.18. The standard InChI is InChI=1S/C14H19FN4O4/c1-14(2,3)23-13(20)18-6-4-17(5-7-18)12-11(15)8-10(9-16-12)19(21)22/h8-9H,4-7H2,1-3H3. The molecule has 9 heteroatoms. The van der Waals surface area contributed by atoms with Gasteiger partial charge >= 0.3 is 6.09 Å². The summed E-state index contributed by atoms with van der Waals surface area (Å²) in [5.41, 5.74) is -0.959. The van der Waals surface area contributed by atoms with Gasteiger partial charge in [-0.2, -0.15) is 0 Å². The maximum Gasteiger partial charge on any atom is 0.410 e. The van der Waals surface area contributed by atoms with E-state index in [1.54, 1.807) is 30.6 Å². The van der Waals surface area contributed by atoms with E-state index in [2.05, 4.69) is 4.98 Å². The normalized spacial score (nSPS) is 15.5. The molecule has 0 N–H and O–H groups in total. The monoisotopic (exact) mass is 326 g/mol. The first-order valence-electron chi connectivity index (χ1n) is 7.20. The molecule has 1 fully saturated rings. The Labute approximate surface area is 133 Å². The zero-order chi connectivity index (χ0) is 17.2. The molecule has 0 saturated carbocycles. The minimum atomic E-state index is -0.745. The van der Waals surface area contributed by atoms with Crippen molar-refractivity contribution in [3.8, 4) is 0 Å². The second kappa shape index (κ2) is 6.35. The highest BCUT2D eigenvalue weighted by atomic mass is 19.1. The summed E-state index contributed by atoms with van der Waals surface area (Å²) in [6, 6.07) is 0.850. The number of pyridine rings is 1. The van der Waals surface area contributed by atoms with Crippen LogP contribution in [0.2, 0.25) is 0 Å². The van der Waals surface area contributed by atoms with E-state index in [-0.39, 0.29) is 5.82 Å². The predicted octanol–water partition coefficient (Wildman–Crippen LogP) is 2.19. The third kappa shape index (κ3) is 4.27. The van der Waals surface area contributed by atoms with E-state index < -0.39 is 28.1 Å². The third-order valence-corrected chi connectivity index (χ3v) is 3.25. The average molecular weight is 326 g/mol. The molecule has 0 bridgehead atoms. The summed E-state index contributed by atoms with van der Waals surface area (Å²) in [4.78, 5) is 28.9. The number of ether oxygens (including phenoxy) is 1. The van der Waals surface area contributed by atoms with E-state index in [0.717, 1.165) is 12.3 Å². The van der Waals surface area contributed by atoms with Gasteiger partial charge in [-0.3, -0.25) is 10.1 Å². The van der Waals surface area contributed by atoms with Crippen LogP contribution in [-0.2, 0) is 4.74 Å². The number of carbonyl (C=O) groups is 1. The number of rotatable bonds is 2. The van der Waals surface area contributed by atoms with Gasteiger partial charge in [0.1, 0.15) is 11.8 Å². The van der Waals surface area contributed by atoms with Crippen LogP contribution in [0.1, 0.15) is 20.8 Å². The lowest BCUT2D eigenvalue weighted by Gasteiger charge is -2.36. The smallest absolute Gasteiger partial charge is 0.410 e. The Morgan fingerprint density at radius 1 is 1.35 bits per heavy atom. The van der Waals surface area contributed by atoms with Crippen LogP contribution in [0.25, 0.3) is 0 Å². The number of hydrogen-bond acceptors (Lipinski definition) is 6. The van der Waals surface area contributed by atoms with Crippen molar-refractivity contribution in [3.63, 3.8) is 0 Å². The number of piperazine rings is 1. The molecule has 0 radical (unpaired) electrons. The summed E-state index contributed by atoms with van der Waals surface area (Å²) in [5.74, 6) is -0.690. The van der Waals surface area contributed by atoms with E-state index in [4.69, 9.17) is 4.74 Å². The first-order chi connectivity index (χ1) is 10.7. The van der Waals surface area contributed by atoms with Crippen molar-refractivity contribution >= 4 is 17.6 Å². The van der Waals surface area contributed by atoms with Gasteiger partial charge in [0.15, 0.2) is 11.6 Å². The van der Waals surface area contributed by atoms with Crippen molar-refractivity contribution in [1.29, 1.82) is 0 Å². The predicted molar refractivity (Wildman–Crippen MR) is 80.9 cm³/mol. The summed E-state index contributed by atoms with van der Waals surface area (Å²) >= 11 is 0. The van der Waals surface area contributed by atoms with Gasteiger partial charge in [0.2, 0.25) is 0 Å². The highest BCUT2D eigenvalue weighted by Crippen LogP contribution is 2.22. The summed E-state index contributed by atoms with van der Waals surface area (Å²) in [6.07, 6.45) is 0.618. The molecular weight excluding hydrogens is 307 g/mol. The van der Waals surface area contributed by atoms with Gasteiger partial charge in [0, 0.05) is 26.2 Å². The molecular formula is C14H19FN4O4. The summed E-state index contributed by atoms with van der Waals surface area (Å²) in [5, 5.41) is 10.6. The van der Waals surface area contributed by atoms with Gasteiger partial charge in [-0.25, -0.2) is 14.2 Å². The number of amides is 1. The summed E-state index contributed by atoms with van der Waals surface area (Å²) in [7, 11) is 0. The average Bonchev–Trinajstić information content (AvgIpc) is 2.45. The third-order valence-electron chi connectivity index (χ3n) is 3.25. The number of carbonyl (C=O) groups excluding carboxylic acids is 1. The van der Waals surface area contributed by atoms with E-state index >= 15 is 0 Å². The molecule has 126 valence electrons. The number of nitro groups is 1. The Balaban J connectivity index is 1.99. The lowest BCUT2D eigenvalue weighted by Crippen LogP contribution is -2.50. The highest BCUT2D eigenvalue weighted by molar-refractivity contribution is 5.68. The van der Waals surface area contributed by atoms with Crippen LogP contribution < -0.4 is 4.90 Å². The lowest BCUT2D eigenvalue weighted by molar-refractivity contribution is -0.385. The van der Waals surface area contributed by atoms with Crippen LogP contribution in [0.3, 0.4) is 0 Å². The van der Waals surface area contributed by atoms with Crippen molar-refractivity contribution < 1.29 is 18.8 Å². The number of hydrogen-bond donors (Lipinski definition) is 0. The molecule has 1 amide bonds. The number of aromatic nitrogens is 1. The summed E-state index contributed by atoms with van der Waals surface area (Å²) < 4.78 is 19.2. The number of nitrogens with zero attached hydrogens (tertiary/aromatic N) is 4. The van der Waals surface area contributed by atoms with Gasteiger partial charge in [-0.05, 0) is 20.8 Å². The van der Waals surface area contributed by atoms with Crippen LogP contribution in [0, 0.1) is 15.9 Å². The zero-order valence-corrected chi connectivity index (χ0v) is 13.3. The van der Waals surface area contributed by atoms with Crippen LogP contribution in [0.15, 0.2) is 12.3 Å². The Hall–Kier alpha value is -2.45. The molecule has 2 rings (SSSR count). The molecule has 2 heterocycles. The second-order valence-corrected chi connectivity index (χ2v) is 6.21. The minimum absolute atomic E-state index is 0.0550. The van der Waals surface area contributed by atoms with Crippen LogP contribution in [-0.4, -0.2) is 52.7 Å². The maximum absolute atomic E-state index is 14.0. The fraction of sp³-hybridized carbons (Fsp3) is 0.571. The Kier molecular flexibility index (Phi) is 4.67. The van der Waals surface area contributed by atoms with Crippen LogP contribution in [0.4, 0.5) is 20.7 Å². The Morgan fingerprint density at radius 2 is 1.96 bits per heavy atom. The molecule has 0 aromatic carbocycles. The van der Waals surface area contributed by atoms with Crippen molar-refractivity contribution in [2.24, 2.45) is 0 Å². The zero-order valence-electron chi connectivity index (χ0n) is 13.3. The molecule has 0 spiro atoms. The second-order valence-electron chi connectivity index (χ2n) is 6.21. The molecule has 1 aliphatic heterocycles. The van der Waals surface area contributed by atoms with Gasteiger partial charge in [-0.1, -0.05) is 0 Å². The minimum Gasteiger partial charge on any atom is -0.444 e. The van der Waals surface area contributed by atoms with Crippen molar-refractivity contribution in [3.05, 3.63) is 28.2 Å². The topological polar surface area (TPSA) is 88.8 Å². The van der Waals surface area contributed by atoms with Gasteiger partial charge in [0.25, 0.3) is 5.69 Å². The molecule has 1 aromatic heterocycles. The van der Waals surface area contributed by atoms with Gasteiger partial charge in [-0.15, -0.1) is 0 Å². The lowest BCUT2D eigenvalue weighted by atomic mass is 10.2. The largest absolute Gasteiger partial charge is 0.444 e. The summed E-state index contributed by atoms with van der Waals surface area (Å²) in [6.45, 7) is 6.86. The molecule has 0 unspecified atom stereocenters. The first kappa shape index (κ1) is 16.9. The molecule has 1 aliphatic rings. The van der Waals surface area contributed by atoms with Crippen LogP contribution in [0.5, 0.6) is 0 Å². The number of halogens is 1. The molecule has 0 aliphatic carbocycles. The van der Waals surface area contributed by atoms with E-state index in [9.17, 15) is 19.3 Å². The van der Waals surface area contributed by atoms with Crippen molar-refractivity contribution in [2.75, 3.05) is 31.1 Å². The Morgan fingerprint density at radius 3 is 2.43 bits per heavy atom. The highest BCUT2D eigenvalue weighted by Gasteiger charge is 2.27. The molecule has 1 saturated heterocycles. The number of anilines is 1. The molecule has 1 aromatic rings. The fourth-order valence-corrected chi connectivity index (χ4v) is 2.18. The van der Waals surface area contributed by atoms with Crippen molar-refractivity contribution in [1.82, 2.24) is 9.88 Å². The molecule has 23 heavy (non-hydrogen) atoms. The van der Waals surface area contributed by atoms with Gasteiger partial charge < -0.3 is 14.5 Å². The SMILES string of the molecule is CC(C)(C)OC(=O)N1CCN(c2ncc([N+](=O)[O-])cc2F)CC1. The quantitative estimate of drug-likeness (QED) is 0.611. The maximum atomic E-state index is 14.0. The first-order valence-corrected chi connectivity index (χ1v) is 7.20. The van der Waals surface area contributed by atoms with Crippen LogP contribution >= 0.6 is 0 Å².